The minimum absolute atomic E-state index is 0.0778. The highest BCUT2D eigenvalue weighted by atomic mass is 33.1. The summed E-state index contributed by atoms with van der Waals surface area (Å²) < 4.78 is 4.91. The third-order valence-corrected chi connectivity index (χ3v) is 6.94. The van der Waals surface area contributed by atoms with Gasteiger partial charge in [-0.25, -0.2) is 4.79 Å². The molecular weight excluding hydrogens is 414 g/mol. The highest BCUT2D eigenvalue weighted by Gasteiger charge is 2.15. The molecule has 166 valence electrons. The topological polar surface area (TPSA) is 147 Å². The number of carbonyl (C=O) groups is 2. The van der Waals surface area contributed by atoms with Crippen LogP contribution in [0.15, 0.2) is 9.98 Å². The van der Waals surface area contributed by atoms with Crippen LogP contribution in [-0.2, 0) is 9.53 Å². The molecule has 1 heterocycles. The molecule has 1 atom stereocenters. The molecule has 1 aliphatic heterocycles. The van der Waals surface area contributed by atoms with Crippen LogP contribution >= 0.6 is 21.6 Å². The van der Waals surface area contributed by atoms with Gasteiger partial charge in [0.15, 0.2) is 5.96 Å². The van der Waals surface area contributed by atoms with E-state index >= 15 is 0 Å². The fraction of sp³-hybridized carbons (Fsp3) is 0.765. The Balaban J connectivity index is 1.97. The molecule has 1 saturated heterocycles. The molecule has 6 N–H and O–H groups in total. The number of nitrogens with one attached hydrogen (secondary N) is 2. The molecule has 0 radical (unpaired) electrons. The van der Waals surface area contributed by atoms with Crippen LogP contribution in [0.1, 0.15) is 32.1 Å². The maximum Gasteiger partial charge on any atom is 0.436 e. The zero-order valence-electron chi connectivity index (χ0n) is 17.2. The van der Waals surface area contributed by atoms with Crippen molar-refractivity contribution in [2.45, 2.75) is 37.4 Å². The number of ether oxygens (including phenoxy) is 1. The Labute approximate surface area is 180 Å². The van der Waals surface area contributed by atoms with Crippen molar-refractivity contribution < 1.29 is 14.3 Å². The van der Waals surface area contributed by atoms with E-state index in [1.54, 1.807) is 14.1 Å². The summed E-state index contributed by atoms with van der Waals surface area (Å²) in [5.41, 5.74) is 11.0. The van der Waals surface area contributed by atoms with Gasteiger partial charge in [0.25, 0.3) is 0 Å². The fourth-order valence-corrected chi connectivity index (χ4v) is 5.33. The molecule has 0 aromatic rings. The highest BCUT2D eigenvalue weighted by Crippen LogP contribution is 2.39. The Morgan fingerprint density at radius 2 is 1.97 bits per heavy atom. The van der Waals surface area contributed by atoms with Gasteiger partial charge in [-0.05, 0) is 19.3 Å². The second-order valence-electron chi connectivity index (χ2n) is 6.62. The van der Waals surface area contributed by atoms with E-state index in [1.165, 1.54) is 23.5 Å². The molecule has 1 aliphatic rings. The lowest BCUT2D eigenvalue weighted by Gasteiger charge is -2.09. The van der Waals surface area contributed by atoms with E-state index in [4.69, 9.17) is 16.2 Å². The first-order valence-electron chi connectivity index (χ1n) is 9.66. The molecule has 0 aromatic carbocycles. The minimum atomic E-state index is -0.831. The van der Waals surface area contributed by atoms with E-state index in [1.807, 2.05) is 21.6 Å². The number of carbonyl (C=O) groups excluding carboxylic acids is 2. The quantitative estimate of drug-likeness (QED) is 0.156. The molecule has 0 aromatic heterocycles. The largest absolute Gasteiger partial charge is 0.446 e. The molecule has 1 unspecified atom stereocenters. The van der Waals surface area contributed by atoms with E-state index in [9.17, 15) is 9.59 Å². The third-order valence-electron chi connectivity index (χ3n) is 3.93. The lowest BCUT2D eigenvalue weighted by molar-refractivity contribution is -0.121. The zero-order valence-corrected chi connectivity index (χ0v) is 18.8. The van der Waals surface area contributed by atoms with Crippen LogP contribution in [0.25, 0.3) is 0 Å². The molecule has 2 amide bonds. The predicted octanol–water partition coefficient (Wildman–Crippen LogP) is 0.734. The maximum absolute atomic E-state index is 11.8. The van der Waals surface area contributed by atoms with E-state index < -0.39 is 6.09 Å². The van der Waals surface area contributed by atoms with E-state index in [0.717, 1.165) is 18.1 Å². The van der Waals surface area contributed by atoms with Gasteiger partial charge in [0.1, 0.15) is 6.61 Å². The van der Waals surface area contributed by atoms with Gasteiger partial charge in [0.05, 0.1) is 0 Å². The Kier molecular flexibility index (Phi) is 13.3. The number of nitrogens with zero attached hydrogens (tertiary/aromatic N) is 3. The van der Waals surface area contributed by atoms with Crippen molar-refractivity contribution >= 4 is 45.5 Å². The molecule has 10 nitrogen and oxygen atoms in total. The number of hydrogen-bond acceptors (Lipinski definition) is 6. The van der Waals surface area contributed by atoms with Crippen LogP contribution in [0.3, 0.4) is 0 Å². The molecular formula is C17H33N7O3S2. The van der Waals surface area contributed by atoms with Crippen LogP contribution in [0.5, 0.6) is 0 Å². The Morgan fingerprint density at radius 3 is 2.66 bits per heavy atom. The van der Waals surface area contributed by atoms with Gasteiger partial charge in [-0.15, -0.1) is 4.99 Å². The predicted molar refractivity (Wildman–Crippen MR) is 121 cm³/mol. The fourth-order valence-electron chi connectivity index (χ4n) is 2.30. The number of amides is 2. The van der Waals surface area contributed by atoms with Crippen LogP contribution < -0.4 is 22.1 Å². The minimum Gasteiger partial charge on any atom is -0.446 e. The van der Waals surface area contributed by atoms with Gasteiger partial charge in [-0.3, -0.25) is 4.79 Å². The number of rotatable bonds is 11. The first kappa shape index (κ1) is 25.4. The average molecular weight is 448 g/mol. The molecule has 0 saturated carbocycles. The van der Waals surface area contributed by atoms with Gasteiger partial charge in [-0.1, -0.05) is 28.0 Å². The Bertz CT molecular complexity index is 567. The molecule has 1 rings (SSSR count). The van der Waals surface area contributed by atoms with Gasteiger partial charge in [0, 0.05) is 51.2 Å². The van der Waals surface area contributed by atoms with E-state index in [0.29, 0.717) is 26.1 Å². The number of unbranched alkanes of at least 4 members (excludes halogenated alkanes) is 1. The number of hydrogen-bond donors (Lipinski definition) is 4. The van der Waals surface area contributed by atoms with E-state index in [-0.39, 0.29) is 24.4 Å². The Morgan fingerprint density at radius 1 is 1.17 bits per heavy atom. The lowest BCUT2D eigenvalue weighted by atomic mass is 10.1. The molecule has 29 heavy (non-hydrogen) atoms. The van der Waals surface area contributed by atoms with E-state index in [2.05, 4.69) is 20.6 Å². The molecule has 0 spiro atoms. The monoisotopic (exact) mass is 447 g/mol. The zero-order chi connectivity index (χ0) is 21.5. The van der Waals surface area contributed by atoms with Gasteiger partial charge < -0.3 is 31.7 Å². The number of guanidine groups is 2. The summed E-state index contributed by atoms with van der Waals surface area (Å²) >= 11 is 0. The van der Waals surface area contributed by atoms with Crippen molar-refractivity contribution in [3.8, 4) is 0 Å². The van der Waals surface area contributed by atoms with Gasteiger partial charge in [0.2, 0.25) is 11.9 Å². The normalized spacial score (nSPS) is 17.2. The molecule has 1 fully saturated rings. The summed E-state index contributed by atoms with van der Waals surface area (Å²) in [6.07, 6.45) is 4.28. The first-order chi connectivity index (χ1) is 13.9. The van der Waals surface area contributed by atoms with Crippen molar-refractivity contribution in [1.82, 2.24) is 15.5 Å². The number of aliphatic imine (C=N–C) groups is 2. The second-order valence-corrected chi connectivity index (χ2v) is 9.41. The summed E-state index contributed by atoms with van der Waals surface area (Å²) in [7, 11) is 7.31. The van der Waals surface area contributed by atoms with Crippen LogP contribution in [0.2, 0.25) is 0 Å². The smallest absolute Gasteiger partial charge is 0.436 e. The highest BCUT2D eigenvalue weighted by molar-refractivity contribution is 8.77. The SMILES string of the molecule is CN(C)C(N)=NC(N)=NC(=O)OCCNCCNC(=O)CCCCC1CCSS1. The van der Waals surface area contributed by atoms with Crippen molar-refractivity contribution in [3.05, 3.63) is 0 Å². The van der Waals surface area contributed by atoms with Crippen molar-refractivity contribution in [1.29, 1.82) is 0 Å². The average Bonchev–Trinajstić information content (AvgIpc) is 3.17. The number of nitrogens with two attached hydrogens (primary N) is 2. The summed E-state index contributed by atoms with van der Waals surface area (Å²) in [5, 5.41) is 6.72. The Hall–Kier alpha value is -1.66. The van der Waals surface area contributed by atoms with Crippen LogP contribution in [0.4, 0.5) is 4.79 Å². The van der Waals surface area contributed by atoms with Crippen molar-refractivity contribution in [3.63, 3.8) is 0 Å². The summed E-state index contributed by atoms with van der Waals surface area (Å²) in [5.74, 6) is 1.20. The maximum atomic E-state index is 11.8. The standard InChI is InChI=1S/C17H33N7O3S2/c1-24(2)16(19)22-15(18)23-17(26)27-11-10-20-8-9-21-14(25)6-4-3-5-13-7-12-28-29-13/h13,20H,3-12H2,1-2H3,(H,21,25)(H4,18,19,22,23,26). The summed E-state index contributed by atoms with van der Waals surface area (Å²) in [6, 6.07) is 0. The van der Waals surface area contributed by atoms with Crippen LogP contribution in [0, 0.1) is 0 Å². The van der Waals surface area contributed by atoms with Gasteiger partial charge in [-0.2, -0.15) is 4.99 Å². The molecule has 12 heteroatoms. The molecule has 0 aliphatic carbocycles. The second kappa shape index (κ2) is 15.2. The van der Waals surface area contributed by atoms with Crippen molar-refractivity contribution in [2.24, 2.45) is 21.5 Å². The lowest BCUT2D eigenvalue weighted by Crippen LogP contribution is -2.33. The third kappa shape index (κ3) is 13.2. The molecule has 0 bridgehead atoms. The van der Waals surface area contributed by atoms with Gasteiger partial charge >= 0.3 is 6.09 Å². The van der Waals surface area contributed by atoms with Crippen LogP contribution in [-0.4, -0.2) is 80.2 Å². The van der Waals surface area contributed by atoms with Crippen molar-refractivity contribution in [2.75, 3.05) is 46.1 Å². The first-order valence-corrected chi connectivity index (χ1v) is 12.0. The summed E-state index contributed by atoms with van der Waals surface area (Å²) in [4.78, 5) is 32.0. The summed E-state index contributed by atoms with van der Waals surface area (Å²) in [6.45, 7) is 1.70.